The highest BCUT2D eigenvalue weighted by Gasteiger charge is 2.29. The molecule has 96 valence electrons. The first kappa shape index (κ1) is 12.9. The van der Waals surface area contributed by atoms with Crippen LogP contribution in [0.3, 0.4) is 0 Å². The van der Waals surface area contributed by atoms with E-state index in [1.54, 1.807) is 19.1 Å². The Kier molecular flexibility index (Phi) is 3.86. The van der Waals surface area contributed by atoms with Gasteiger partial charge in [-0.1, -0.05) is 15.9 Å². The van der Waals surface area contributed by atoms with Gasteiger partial charge in [-0.15, -0.1) is 0 Å². The summed E-state index contributed by atoms with van der Waals surface area (Å²) >= 11 is 3.33. The van der Waals surface area contributed by atoms with Crippen LogP contribution >= 0.6 is 15.9 Å². The molecule has 0 radical (unpaired) electrons. The van der Waals surface area contributed by atoms with Crippen molar-refractivity contribution in [2.75, 3.05) is 18.4 Å². The summed E-state index contributed by atoms with van der Waals surface area (Å²) in [5.74, 6) is -0.118. The second kappa shape index (κ2) is 5.39. The number of hydrogen-bond donors (Lipinski definition) is 2. The molecule has 0 bridgehead atoms. The van der Waals surface area contributed by atoms with Crippen molar-refractivity contribution in [1.82, 2.24) is 10.2 Å². The number of piperazine rings is 1. The lowest BCUT2D eigenvalue weighted by Crippen LogP contribution is -2.56. The van der Waals surface area contributed by atoms with Gasteiger partial charge in [0.1, 0.15) is 6.04 Å². The standard InChI is InChI=1S/C12H14BrN3O2/c1-8-11(17)14-6-7-16(8)12(18)15-10-4-2-9(13)3-5-10/h2-5,8H,6-7H2,1H3,(H,14,17)(H,15,18). The average Bonchev–Trinajstić information content (AvgIpc) is 2.35. The Bertz CT molecular complexity index is 461. The molecule has 2 N–H and O–H groups in total. The Morgan fingerprint density at radius 1 is 1.44 bits per heavy atom. The minimum Gasteiger partial charge on any atom is -0.353 e. The fourth-order valence-electron chi connectivity index (χ4n) is 1.79. The van der Waals surface area contributed by atoms with Crippen molar-refractivity contribution >= 4 is 33.6 Å². The zero-order valence-corrected chi connectivity index (χ0v) is 11.5. The van der Waals surface area contributed by atoms with Gasteiger partial charge in [0, 0.05) is 23.2 Å². The summed E-state index contributed by atoms with van der Waals surface area (Å²) in [6.45, 7) is 2.74. The van der Waals surface area contributed by atoms with Gasteiger partial charge in [-0.2, -0.15) is 0 Å². The van der Waals surface area contributed by atoms with Crippen LogP contribution in [0.2, 0.25) is 0 Å². The first-order valence-corrected chi connectivity index (χ1v) is 6.48. The third-order valence-electron chi connectivity index (χ3n) is 2.86. The first-order chi connectivity index (χ1) is 8.58. The number of rotatable bonds is 1. The van der Waals surface area contributed by atoms with Gasteiger partial charge >= 0.3 is 6.03 Å². The van der Waals surface area contributed by atoms with Crippen molar-refractivity contribution < 1.29 is 9.59 Å². The molecule has 3 amide bonds. The highest BCUT2D eigenvalue weighted by Crippen LogP contribution is 2.15. The van der Waals surface area contributed by atoms with Gasteiger partial charge in [0.2, 0.25) is 5.91 Å². The zero-order chi connectivity index (χ0) is 13.1. The van der Waals surface area contributed by atoms with Crippen LogP contribution in [0.4, 0.5) is 10.5 Å². The molecule has 1 saturated heterocycles. The fraction of sp³-hybridized carbons (Fsp3) is 0.333. The van der Waals surface area contributed by atoms with E-state index < -0.39 is 6.04 Å². The minimum atomic E-state index is -0.436. The summed E-state index contributed by atoms with van der Waals surface area (Å²) in [7, 11) is 0. The third-order valence-corrected chi connectivity index (χ3v) is 3.38. The molecule has 1 aliphatic heterocycles. The predicted molar refractivity (Wildman–Crippen MR) is 72.3 cm³/mol. The van der Waals surface area contributed by atoms with Crippen molar-refractivity contribution in [1.29, 1.82) is 0 Å². The van der Waals surface area contributed by atoms with Crippen molar-refractivity contribution in [3.05, 3.63) is 28.7 Å². The van der Waals surface area contributed by atoms with E-state index in [1.807, 2.05) is 12.1 Å². The largest absolute Gasteiger partial charge is 0.353 e. The van der Waals surface area contributed by atoms with E-state index in [0.29, 0.717) is 18.8 Å². The topological polar surface area (TPSA) is 61.4 Å². The summed E-state index contributed by atoms with van der Waals surface area (Å²) in [6.07, 6.45) is 0. The molecule has 1 aromatic carbocycles. The van der Waals surface area contributed by atoms with Crippen molar-refractivity contribution in [2.24, 2.45) is 0 Å². The number of nitrogens with zero attached hydrogens (tertiary/aromatic N) is 1. The summed E-state index contributed by atoms with van der Waals surface area (Å²) in [5, 5.41) is 5.50. The Balaban J connectivity index is 2.03. The van der Waals surface area contributed by atoms with Gasteiger partial charge in [0.15, 0.2) is 0 Å². The van der Waals surface area contributed by atoms with E-state index in [-0.39, 0.29) is 11.9 Å². The maximum absolute atomic E-state index is 12.0. The lowest BCUT2D eigenvalue weighted by molar-refractivity contribution is -0.126. The van der Waals surface area contributed by atoms with Crippen LogP contribution < -0.4 is 10.6 Å². The van der Waals surface area contributed by atoms with Gasteiger partial charge in [-0.25, -0.2) is 4.79 Å². The molecule has 0 spiro atoms. The molecule has 0 saturated carbocycles. The summed E-state index contributed by atoms with van der Waals surface area (Å²) in [5.41, 5.74) is 0.710. The summed E-state index contributed by atoms with van der Waals surface area (Å²) in [6, 6.07) is 6.62. The van der Waals surface area contributed by atoms with Crippen LogP contribution in [0.1, 0.15) is 6.92 Å². The molecular weight excluding hydrogens is 298 g/mol. The molecule has 18 heavy (non-hydrogen) atoms. The monoisotopic (exact) mass is 311 g/mol. The van der Waals surface area contributed by atoms with Gasteiger partial charge in [-0.3, -0.25) is 4.79 Å². The van der Waals surface area contributed by atoms with E-state index in [2.05, 4.69) is 26.6 Å². The van der Waals surface area contributed by atoms with Crippen LogP contribution in [-0.2, 0) is 4.79 Å². The predicted octanol–water partition coefficient (Wildman–Crippen LogP) is 1.80. The van der Waals surface area contributed by atoms with E-state index in [1.165, 1.54) is 4.90 Å². The van der Waals surface area contributed by atoms with Gasteiger partial charge in [-0.05, 0) is 31.2 Å². The third kappa shape index (κ3) is 2.81. The molecule has 5 nitrogen and oxygen atoms in total. The lowest BCUT2D eigenvalue weighted by Gasteiger charge is -2.32. The quantitative estimate of drug-likeness (QED) is 0.831. The molecule has 2 rings (SSSR count). The molecule has 0 aliphatic carbocycles. The Morgan fingerprint density at radius 3 is 2.78 bits per heavy atom. The Morgan fingerprint density at radius 2 is 2.11 bits per heavy atom. The van der Waals surface area contributed by atoms with Gasteiger partial charge in [0.05, 0.1) is 0 Å². The van der Waals surface area contributed by atoms with Gasteiger partial charge < -0.3 is 15.5 Å². The maximum atomic E-state index is 12.0. The Hall–Kier alpha value is -1.56. The van der Waals surface area contributed by atoms with E-state index in [4.69, 9.17) is 0 Å². The summed E-state index contributed by atoms with van der Waals surface area (Å²) < 4.78 is 0.950. The highest BCUT2D eigenvalue weighted by molar-refractivity contribution is 9.10. The maximum Gasteiger partial charge on any atom is 0.322 e. The molecule has 1 aromatic rings. The normalized spacial score (nSPS) is 19.3. The molecule has 1 aliphatic rings. The molecule has 1 fully saturated rings. The van der Waals surface area contributed by atoms with Gasteiger partial charge in [0.25, 0.3) is 0 Å². The second-order valence-corrected chi connectivity index (χ2v) is 5.01. The van der Waals surface area contributed by atoms with Crippen LogP contribution in [0.25, 0.3) is 0 Å². The number of urea groups is 1. The molecule has 1 atom stereocenters. The van der Waals surface area contributed by atoms with Crippen LogP contribution in [0.5, 0.6) is 0 Å². The van der Waals surface area contributed by atoms with E-state index >= 15 is 0 Å². The number of halogens is 1. The smallest absolute Gasteiger partial charge is 0.322 e. The van der Waals surface area contributed by atoms with Crippen molar-refractivity contribution in [3.63, 3.8) is 0 Å². The average molecular weight is 312 g/mol. The number of anilines is 1. The fourth-order valence-corrected chi connectivity index (χ4v) is 2.05. The zero-order valence-electron chi connectivity index (χ0n) is 9.94. The molecule has 0 aromatic heterocycles. The number of carbonyl (C=O) groups is 2. The number of amides is 3. The lowest BCUT2D eigenvalue weighted by atomic mass is 10.2. The second-order valence-electron chi connectivity index (χ2n) is 4.10. The van der Waals surface area contributed by atoms with E-state index in [0.717, 1.165) is 4.47 Å². The van der Waals surface area contributed by atoms with Crippen LogP contribution in [0, 0.1) is 0 Å². The Labute approximate surface area is 114 Å². The number of benzene rings is 1. The first-order valence-electron chi connectivity index (χ1n) is 5.69. The number of hydrogen-bond acceptors (Lipinski definition) is 2. The number of nitrogens with one attached hydrogen (secondary N) is 2. The van der Waals surface area contributed by atoms with Crippen LogP contribution in [0.15, 0.2) is 28.7 Å². The van der Waals surface area contributed by atoms with Crippen molar-refractivity contribution in [3.8, 4) is 0 Å². The molecule has 1 heterocycles. The SMILES string of the molecule is CC1C(=O)NCCN1C(=O)Nc1ccc(Br)cc1. The number of carbonyl (C=O) groups excluding carboxylic acids is 2. The summed E-state index contributed by atoms with van der Waals surface area (Å²) in [4.78, 5) is 25.0. The van der Waals surface area contributed by atoms with Crippen molar-refractivity contribution in [2.45, 2.75) is 13.0 Å². The van der Waals surface area contributed by atoms with Crippen LogP contribution in [-0.4, -0.2) is 36.0 Å². The van der Waals surface area contributed by atoms with E-state index in [9.17, 15) is 9.59 Å². The molecular formula is C12H14BrN3O2. The molecule has 6 heteroatoms. The minimum absolute atomic E-state index is 0.118. The highest BCUT2D eigenvalue weighted by atomic mass is 79.9. The molecule has 1 unspecified atom stereocenters.